The number of likely N-dealkylation sites (tertiary alicyclic amines) is 1. The van der Waals surface area contributed by atoms with Crippen molar-refractivity contribution in [2.75, 3.05) is 19.6 Å². The Kier molecular flexibility index (Phi) is 4.52. The molecule has 1 fully saturated rings. The number of carbonyl (C=O) groups is 2. The number of aromatic nitrogens is 1. The quantitative estimate of drug-likeness (QED) is 0.853. The van der Waals surface area contributed by atoms with Gasteiger partial charge in [-0.05, 0) is 19.8 Å². The van der Waals surface area contributed by atoms with E-state index in [2.05, 4.69) is 10.1 Å². The molecule has 2 amide bonds. The largest absolute Gasteiger partial charge is 0.337 e. The first kappa shape index (κ1) is 15.1. The molecule has 118 valence electrons. The summed E-state index contributed by atoms with van der Waals surface area (Å²) in [5.74, 6) is 0.302. The molecule has 22 heavy (non-hydrogen) atoms. The monoisotopic (exact) mass is 320 g/mol. The third-order valence-electron chi connectivity index (χ3n) is 4.16. The predicted molar refractivity (Wildman–Crippen MR) is 84.7 cm³/mol. The normalized spacial score (nSPS) is 22.7. The van der Waals surface area contributed by atoms with Crippen molar-refractivity contribution in [2.45, 2.75) is 38.5 Å². The summed E-state index contributed by atoms with van der Waals surface area (Å²) < 4.78 is 0. The molecule has 1 aromatic rings. The standard InChI is InChI=1S/C15H20N4O2S/c1-2-19-13(20)6-5-12(17-19)15(21)18-8-3-4-11(10-18)14-16-7-9-22-14/h7,9,11H,2-6,8,10H2,1H3/t11-/m1/s1. The van der Waals surface area contributed by atoms with Gasteiger partial charge in [0.05, 0.1) is 5.01 Å². The highest BCUT2D eigenvalue weighted by Gasteiger charge is 2.31. The van der Waals surface area contributed by atoms with Crippen LogP contribution in [0.5, 0.6) is 0 Å². The summed E-state index contributed by atoms with van der Waals surface area (Å²) in [6.07, 6.45) is 4.70. The molecule has 1 saturated heterocycles. The maximum atomic E-state index is 12.7. The summed E-state index contributed by atoms with van der Waals surface area (Å²) in [4.78, 5) is 30.6. The van der Waals surface area contributed by atoms with Gasteiger partial charge in [0, 0.05) is 50.0 Å². The van der Waals surface area contributed by atoms with Crippen molar-refractivity contribution in [1.29, 1.82) is 0 Å². The van der Waals surface area contributed by atoms with Crippen molar-refractivity contribution < 1.29 is 9.59 Å². The number of hydrogen-bond donors (Lipinski definition) is 0. The predicted octanol–water partition coefficient (Wildman–Crippen LogP) is 1.85. The third-order valence-corrected chi connectivity index (χ3v) is 5.10. The molecule has 6 nitrogen and oxygen atoms in total. The fourth-order valence-corrected chi connectivity index (χ4v) is 3.75. The molecule has 0 saturated carbocycles. The lowest BCUT2D eigenvalue weighted by molar-refractivity contribution is -0.132. The molecule has 1 aromatic heterocycles. The number of thiazole rings is 1. The first-order valence-electron chi connectivity index (χ1n) is 7.75. The molecule has 7 heteroatoms. The first-order chi connectivity index (χ1) is 10.7. The average molecular weight is 320 g/mol. The topological polar surface area (TPSA) is 65.9 Å². The van der Waals surface area contributed by atoms with E-state index in [4.69, 9.17) is 0 Å². The van der Waals surface area contributed by atoms with E-state index in [1.165, 1.54) is 5.01 Å². The van der Waals surface area contributed by atoms with Crippen molar-refractivity contribution in [2.24, 2.45) is 5.10 Å². The van der Waals surface area contributed by atoms with E-state index < -0.39 is 0 Å². The van der Waals surface area contributed by atoms with Gasteiger partial charge in [0.15, 0.2) is 0 Å². The van der Waals surface area contributed by atoms with Crippen molar-refractivity contribution in [3.8, 4) is 0 Å². The van der Waals surface area contributed by atoms with Crippen LogP contribution in [0.4, 0.5) is 0 Å². The lowest BCUT2D eigenvalue weighted by Crippen LogP contribution is -2.45. The molecular formula is C15H20N4O2S. The number of piperidine rings is 1. The van der Waals surface area contributed by atoms with Crippen LogP contribution in [0, 0.1) is 0 Å². The summed E-state index contributed by atoms with van der Waals surface area (Å²) in [6.45, 7) is 3.84. The SMILES string of the molecule is CCN1N=C(C(=O)N2CCC[C@@H](c3nccs3)C2)CCC1=O. The van der Waals surface area contributed by atoms with Gasteiger partial charge in [-0.3, -0.25) is 9.59 Å². The zero-order valence-electron chi connectivity index (χ0n) is 12.7. The summed E-state index contributed by atoms with van der Waals surface area (Å²) in [5.41, 5.74) is 0.515. The molecule has 0 aromatic carbocycles. The minimum absolute atomic E-state index is 0.00152. The highest BCUT2D eigenvalue weighted by molar-refractivity contribution is 7.09. The van der Waals surface area contributed by atoms with E-state index in [1.807, 2.05) is 23.4 Å². The molecule has 0 unspecified atom stereocenters. The van der Waals surface area contributed by atoms with E-state index in [0.29, 0.717) is 37.6 Å². The van der Waals surface area contributed by atoms with Gasteiger partial charge in [0.1, 0.15) is 5.71 Å². The molecule has 0 spiro atoms. The number of nitrogens with zero attached hydrogens (tertiary/aromatic N) is 4. The van der Waals surface area contributed by atoms with Crippen LogP contribution < -0.4 is 0 Å². The van der Waals surface area contributed by atoms with Gasteiger partial charge < -0.3 is 4.90 Å². The number of carbonyl (C=O) groups excluding carboxylic acids is 2. The van der Waals surface area contributed by atoms with Crippen molar-refractivity contribution in [3.63, 3.8) is 0 Å². The van der Waals surface area contributed by atoms with Crippen LogP contribution in [-0.4, -0.2) is 52.1 Å². The van der Waals surface area contributed by atoms with Crippen LogP contribution in [0.3, 0.4) is 0 Å². The van der Waals surface area contributed by atoms with Crippen LogP contribution in [0.25, 0.3) is 0 Å². The maximum Gasteiger partial charge on any atom is 0.270 e. The Morgan fingerprint density at radius 2 is 2.32 bits per heavy atom. The van der Waals surface area contributed by atoms with Crippen LogP contribution in [0.2, 0.25) is 0 Å². The maximum absolute atomic E-state index is 12.7. The van der Waals surface area contributed by atoms with Gasteiger partial charge in [-0.15, -0.1) is 11.3 Å². The molecule has 0 radical (unpaired) electrons. The molecule has 3 heterocycles. The zero-order chi connectivity index (χ0) is 15.5. The second kappa shape index (κ2) is 6.56. The molecule has 0 N–H and O–H groups in total. The molecule has 2 aliphatic rings. The summed E-state index contributed by atoms with van der Waals surface area (Å²) in [6, 6.07) is 0. The highest BCUT2D eigenvalue weighted by atomic mass is 32.1. The van der Waals surface area contributed by atoms with Crippen LogP contribution >= 0.6 is 11.3 Å². The lowest BCUT2D eigenvalue weighted by atomic mass is 9.98. The van der Waals surface area contributed by atoms with Crippen molar-refractivity contribution >= 4 is 28.9 Å². The Morgan fingerprint density at radius 3 is 3.05 bits per heavy atom. The van der Waals surface area contributed by atoms with E-state index in [0.717, 1.165) is 24.4 Å². The third kappa shape index (κ3) is 3.04. The highest BCUT2D eigenvalue weighted by Crippen LogP contribution is 2.28. The van der Waals surface area contributed by atoms with Gasteiger partial charge in [-0.2, -0.15) is 5.10 Å². The summed E-state index contributed by atoms with van der Waals surface area (Å²) in [7, 11) is 0. The van der Waals surface area contributed by atoms with E-state index in [9.17, 15) is 9.59 Å². The van der Waals surface area contributed by atoms with Gasteiger partial charge in [0.2, 0.25) is 5.91 Å². The van der Waals surface area contributed by atoms with Crippen LogP contribution in [-0.2, 0) is 9.59 Å². The first-order valence-corrected chi connectivity index (χ1v) is 8.63. The van der Waals surface area contributed by atoms with E-state index in [1.54, 1.807) is 11.3 Å². The molecule has 0 aliphatic carbocycles. The lowest BCUT2D eigenvalue weighted by Gasteiger charge is -2.33. The minimum atomic E-state index is -0.0211. The minimum Gasteiger partial charge on any atom is -0.337 e. The Hall–Kier alpha value is -1.76. The summed E-state index contributed by atoms with van der Waals surface area (Å²) >= 11 is 1.65. The number of amides is 2. The van der Waals surface area contributed by atoms with Crippen molar-refractivity contribution in [1.82, 2.24) is 14.9 Å². The smallest absolute Gasteiger partial charge is 0.270 e. The molecule has 3 rings (SSSR count). The summed E-state index contributed by atoms with van der Waals surface area (Å²) in [5, 5.41) is 8.73. The fourth-order valence-electron chi connectivity index (χ4n) is 2.98. The van der Waals surface area contributed by atoms with Crippen LogP contribution in [0.15, 0.2) is 16.7 Å². The van der Waals surface area contributed by atoms with Gasteiger partial charge in [-0.1, -0.05) is 0 Å². The molecule has 0 bridgehead atoms. The Balaban J connectivity index is 1.70. The van der Waals surface area contributed by atoms with Gasteiger partial charge >= 0.3 is 0 Å². The van der Waals surface area contributed by atoms with E-state index in [-0.39, 0.29) is 11.8 Å². The number of hydrogen-bond acceptors (Lipinski definition) is 5. The number of hydrazone groups is 1. The fraction of sp³-hybridized carbons (Fsp3) is 0.600. The Bertz CT molecular complexity index is 584. The second-order valence-corrected chi connectivity index (χ2v) is 6.54. The zero-order valence-corrected chi connectivity index (χ0v) is 13.5. The molecular weight excluding hydrogens is 300 g/mol. The van der Waals surface area contributed by atoms with Gasteiger partial charge in [0.25, 0.3) is 5.91 Å². The Labute approximate surface area is 133 Å². The average Bonchev–Trinajstić information content (AvgIpc) is 3.09. The molecule has 1 atom stereocenters. The second-order valence-electron chi connectivity index (χ2n) is 5.62. The Morgan fingerprint density at radius 1 is 1.45 bits per heavy atom. The number of rotatable bonds is 3. The van der Waals surface area contributed by atoms with Crippen molar-refractivity contribution in [3.05, 3.63) is 16.6 Å². The van der Waals surface area contributed by atoms with Crippen LogP contribution in [0.1, 0.15) is 43.5 Å². The van der Waals surface area contributed by atoms with Gasteiger partial charge in [-0.25, -0.2) is 9.99 Å². The molecule has 2 aliphatic heterocycles. The van der Waals surface area contributed by atoms with E-state index >= 15 is 0 Å².